The van der Waals surface area contributed by atoms with E-state index in [1.807, 2.05) is 31.2 Å². The number of urea groups is 1. The molecular formula is C19H27N3O3. The van der Waals surface area contributed by atoms with E-state index in [1.165, 1.54) is 0 Å². The first-order chi connectivity index (χ1) is 11.8. The van der Waals surface area contributed by atoms with Crippen molar-refractivity contribution >= 4 is 11.7 Å². The van der Waals surface area contributed by atoms with E-state index in [0.717, 1.165) is 11.3 Å². The van der Waals surface area contributed by atoms with E-state index in [2.05, 4.69) is 29.5 Å². The minimum absolute atomic E-state index is 0.216. The summed E-state index contributed by atoms with van der Waals surface area (Å²) in [5, 5.41) is 14.9. The van der Waals surface area contributed by atoms with Crippen LogP contribution < -0.4 is 10.6 Å². The topological polar surface area (TPSA) is 87.4 Å². The number of nitrogens with zero attached hydrogens (tertiary/aromatic N) is 1. The number of rotatable bonds is 7. The maximum absolute atomic E-state index is 11.9. The van der Waals surface area contributed by atoms with Crippen LogP contribution >= 0.6 is 0 Å². The van der Waals surface area contributed by atoms with E-state index in [-0.39, 0.29) is 18.1 Å². The molecule has 6 nitrogen and oxygen atoms in total. The lowest BCUT2D eigenvalue weighted by molar-refractivity contribution is 0.163. The number of anilines is 1. The zero-order valence-corrected chi connectivity index (χ0v) is 15.2. The predicted molar refractivity (Wildman–Crippen MR) is 98.5 cm³/mol. The van der Waals surface area contributed by atoms with Gasteiger partial charge >= 0.3 is 6.03 Å². The fourth-order valence-electron chi connectivity index (χ4n) is 2.49. The fraction of sp³-hybridized carbons (Fsp3) is 0.474. The number of oxazole rings is 1. The first kappa shape index (κ1) is 19.0. The molecule has 0 saturated heterocycles. The van der Waals surface area contributed by atoms with Crippen molar-refractivity contribution in [3.8, 4) is 11.5 Å². The second kappa shape index (κ2) is 8.67. The Morgan fingerprint density at radius 1 is 1.20 bits per heavy atom. The molecule has 0 aliphatic carbocycles. The van der Waals surface area contributed by atoms with Crippen LogP contribution in [0.4, 0.5) is 10.5 Å². The van der Waals surface area contributed by atoms with Crippen molar-refractivity contribution in [3.05, 3.63) is 36.2 Å². The maximum Gasteiger partial charge on any atom is 0.319 e. The average molecular weight is 345 g/mol. The van der Waals surface area contributed by atoms with Crippen molar-refractivity contribution in [3.63, 3.8) is 0 Å². The summed E-state index contributed by atoms with van der Waals surface area (Å²) in [6.07, 6.45) is 2.04. The number of hydrogen-bond donors (Lipinski definition) is 3. The van der Waals surface area contributed by atoms with Crippen LogP contribution in [0.5, 0.6) is 0 Å². The number of aliphatic hydroxyl groups is 1. The Hall–Kier alpha value is -2.34. The smallest absolute Gasteiger partial charge is 0.319 e. The number of aromatic nitrogens is 1. The first-order valence-electron chi connectivity index (χ1n) is 8.64. The molecule has 1 heterocycles. The van der Waals surface area contributed by atoms with Crippen molar-refractivity contribution < 1.29 is 14.3 Å². The zero-order valence-electron chi connectivity index (χ0n) is 15.2. The second-order valence-electron chi connectivity index (χ2n) is 6.82. The molecule has 25 heavy (non-hydrogen) atoms. The maximum atomic E-state index is 11.9. The minimum atomic E-state index is -0.362. The molecule has 2 atom stereocenters. The van der Waals surface area contributed by atoms with Crippen molar-refractivity contribution in [1.82, 2.24) is 10.3 Å². The molecule has 1 aromatic heterocycles. The van der Waals surface area contributed by atoms with Gasteiger partial charge in [0.15, 0.2) is 0 Å². The van der Waals surface area contributed by atoms with E-state index in [9.17, 15) is 9.90 Å². The largest absolute Gasteiger partial charge is 0.441 e. The van der Waals surface area contributed by atoms with Crippen molar-refractivity contribution in [1.29, 1.82) is 0 Å². The van der Waals surface area contributed by atoms with Crippen LogP contribution in [-0.2, 0) is 0 Å². The highest BCUT2D eigenvalue weighted by Gasteiger charge is 2.11. The van der Waals surface area contributed by atoms with Gasteiger partial charge in [0.2, 0.25) is 5.89 Å². The normalized spacial score (nSPS) is 13.5. The third-order valence-electron chi connectivity index (χ3n) is 3.84. The highest BCUT2D eigenvalue weighted by Crippen LogP contribution is 2.24. The predicted octanol–water partition coefficient (Wildman–Crippen LogP) is 3.99. The summed E-state index contributed by atoms with van der Waals surface area (Å²) in [4.78, 5) is 16.2. The van der Waals surface area contributed by atoms with Crippen molar-refractivity contribution in [2.24, 2.45) is 5.92 Å². The van der Waals surface area contributed by atoms with Crippen LogP contribution in [0.25, 0.3) is 11.5 Å². The number of aliphatic hydroxyl groups excluding tert-OH is 1. The van der Waals surface area contributed by atoms with Gasteiger partial charge in [-0.25, -0.2) is 9.78 Å². The molecule has 0 radical (unpaired) electrons. The van der Waals surface area contributed by atoms with Crippen molar-refractivity contribution in [2.45, 2.75) is 46.1 Å². The Morgan fingerprint density at radius 2 is 1.88 bits per heavy atom. The first-order valence-corrected chi connectivity index (χ1v) is 8.64. The molecule has 2 aromatic rings. The van der Waals surface area contributed by atoms with Crippen LogP contribution in [0.15, 0.2) is 34.9 Å². The van der Waals surface area contributed by atoms with E-state index in [1.54, 1.807) is 13.1 Å². The average Bonchev–Trinajstić information content (AvgIpc) is 3.03. The molecule has 0 fully saturated rings. The third kappa shape index (κ3) is 5.90. The molecule has 0 bridgehead atoms. The Balaban J connectivity index is 1.88. The van der Waals surface area contributed by atoms with Gasteiger partial charge in [-0.05, 0) is 43.5 Å². The lowest BCUT2D eigenvalue weighted by Crippen LogP contribution is -2.33. The van der Waals surface area contributed by atoms with Crippen molar-refractivity contribution in [2.75, 3.05) is 11.9 Å². The highest BCUT2D eigenvalue weighted by atomic mass is 16.4. The van der Waals surface area contributed by atoms with Gasteiger partial charge in [0, 0.05) is 23.7 Å². The lowest BCUT2D eigenvalue weighted by atomic mass is 10.1. The van der Waals surface area contributed by atoms with Crippen LogP contribution in [0.3, 0.4) is 0 Å². The molecule has 0 aliphatic rings. The number of nitrogens with one attached hydrogen (secondary N) is 2. The van der Waals surface area contributed by atoms with Gasteiger partial charge in [-0.15, -0.1) is 0 Å². The van der Waals surface area contributed by atoms with Crippen LogP contribution in [0.1, 0.15) is 45.8 Å². The Labute approximate surface area is 148 Å². The zero-order chi connectivity index (χ0) is 18.4. The standard InChI is InChI=1S/C19H27N3O3/c1-12(2)17-11-20-18(25-17)15-5-7-16(8-6-15)22-19(24)21-10-13(3)9-14(4)23/h5-8,11-14,23H,9-10H2,1-4H3,(H2,21,22,24)/t13-,14+/m0/s1. The summed E-state index contributed by atoms with van der Waals surface area (Å²) in [7, 11) is 0. The number of benzene rings is 1. The summed E-state index contributed by atoms with van der Waals surface area (Å²) in [6.45, 7) is 8.36. The van der Waals surface area contributed by atoms with E-state index in [0.29, 0.717) is 30.5 Å². The third-order valence-corrected chi connectivity index (χ3v) is 3.84. The minimum Gasteiger partial charge on any atom is -0.441 e. The molecule has 0 saturated carbocycles. The summed E-state index contributed by atoms with van der Waals surface area (Å²) >= 11 is 0. The molecular weight excluding hydrogens is 318 g/mol. The highest BCUT2D eigenvalue weighted by molar-refractivity contribution is 5.89. The summed E-state index contributed by atoms with van der Waals surface area (Å²) in [5.74, 6) is 1.94. The Bertz CT molecular complexity index is 677. The number of carbonyl (C=O) groups excluding carboxylic acids is 1. The molecule has 0 unspecified atom stereocenters. The molecule has 2 rings (SSSR count). The van der Waals surface area contributed by atoms with Gasteiger partial charge in [-0.2, -0.15) is 0 Å². The monoisotopic (exact) mass is 345 g/mol. The molecule has 136 valence electrons. The quantitative estimate of drug-likeness (QED) is 0.708. The number of amides is 2. The number of hydrogen-bond acceptors (Lipinski definition) is 4. The summed E-state index contributed by atoms with van der Waals surface area (Å²) in [6, 6.07) is 7.09. The lowest BCUT2D eigenvalue weighted by Gasteiger charge is -2.14. The Kier molecular flexibility index (Phi) is 6.58. The van der Waals surface area contributed by atoms with Gasteiger partial charge in [0.05, 0.1) is 12.3 Å². The van der Waals surface area contributed by atoms with Gasteiger partial charge in [0.1, 0.15) is 5.76 Å². The van der Waals surface area contributed by atoms with Crippen LogP contribution in [-0.4, -0.2) is 28.8 Å². The summed E-state index contributed by atoms with van der Waals surface area (Å²) in [5.41, 5.74) is 1.56. The second-order valence-corrected chi connectivity index (χ2v) is 6.82. The van der Waals surface area contributed by atoms with Crippen LogP contribution in [0, 0.1) is 5.92 Å². The van der Waals surface area contributed by atoms with Gasteiger partial charge in [-0.3, -0.25) is 0 Å². The van der Waals surface area contributed by atoms with Gasteiger partial charge in [0.25, 0.3) is 0 Å². The fourth-order valence-corrected chi connectivity index (χ4v) is 2.49. The van der Waals surface area contributed by atoms with Gasteiger partial charge in [-0.1, -0.05) is 20.8 Å². The molecule has 3 N–H and O–H groups in total. The molecule has 2 amide bonds. The Morgan fingerprint density at radius 3 is 2.44 bits per heavy atom. The number of carbonyl (C=O) groups is 1. The molecule has 6 heteroatoms. The molecule has 0 spiro atoms. The van der Waals surface area contributed by atoms with E-state index in [4.69, 9.17) is 4.42 Å². The summed E-state index contributed by atoms with van der Waals surface area (Å²) < 4.78 is 5.72. The SMILES string of the molecule is CC(C)c1cnc(-c2ccc(NC(=O)NC[C@@H](C)C[C@@H](C)O)cc2)o1. The molecule has 1 aromatic carbocycles. The van der Waals surface area contributed by atoms with E-state index >= 15 is 0 Å². The van der Waals surface area contributed by atoms with Gasteiger partial charge < -0.3 is 20.2 Å². The van der Waals surface area contributed by atoms with Crippen LogP contribution in [0.2, 0.25) is 0 Å². The van der Waals surface area contributed by atoms with E-state index < -0.39 is 0 Å². The molecule has 0 aliphatic heterocycles.